The summed E-state index contributed by atoms with van der Waals surface area (Å²) in [6.45, 7) is 0.776. The number of nitrogens with one attached hydrogen (secondary N) is 1. The van der Waals surface area contributed by atoms with Crippen LogP contribution in [0.5, 0.6) is 0 Å². The third kappa shape index (κ3) is 2.84. The van der Waals surface area contributed by atoms with E-state index in [1.54, 1.807) is 11.3 Å². The van der Waals surface area contributed by atoms with Crippen molar-refractivity contribution >= 4 is 59.3 Å². The summed E-state index contributed by atoms with van der Waals surface area (Å²) >= 11 is 3.62. The van der Waals surface area contributed by atoms with Gasteiger partial charge in [0.25, 0.3) is 0 Å². The molecule has 4 nitrogen and oxygen atoms in total. The molecule has 0 bridgehead atoms. The van der Waals surface area contributed by atoms with Gasteiger partial charge in [-0.1, -0.05) is 0 Å². The Hall–Kier alpha value is -3.61. The van der Waals surface area contributed by atoms with Crippen LogP contribution in [0.1, 0.15) is 0 Å². The van der Waals surface area contributed by atoms with Gasteiger partial charge in [0.2, 0.25) is 0 Å². The van der Waals surface area contributed by atoms with E-state index in [2.05, 4.69) is 85.3 Å². The number of imidazole rings is 1. The molecule has 1 aliphatic rings. The first-order valence-corrected chi connectivity index (χ1v) is 12.2. The van der Waals surface area contributed by atoms with Crippen molar-refractivity contribution in [3.63, 3.8) is 0 Å². The summed E-state index contributed by atoms with van der Waals surface area (Å²) in [6, 6.07) is 18.3. The smallest absolute Gasteiger partial charge is 0.0991 e. The number of rotatable bonds is 3. The Morgan fingerprint density at radius 1 is 0.875 bits per heavy atom. The van der Waals surface area contributed by atoms with Crippen molar-refractivity contribution < 1.29 is 0 Å². The van der Waals surface area contributed by atoms with Gasteiger partial charge in [-0.2, -0.15) is 0 Å². The van der Waals surface area contributed by atoms with E-state index >= 15 is 0 Å². The lowest BCUT2D eigenvalue weighted by Gasteiger charge is -2.18. The van der Waals surface area contributed by atoms with Crippen molar-refractivity contribution in [2.24, 2.45) is 0 Å². The third-order valence-electron chi connectivity index (χ3n) is 6.09. The van der Waals surface area contributed by atoms with E-state index in [4.69, 9.17) is 0 Å². The van der Waals surface area contributed by atoms with Crippen LogP contribution in [0.25, 0.3) is 47.8 Å². The van der Waals surface area contributed by atoms with Crippen LogP contribution in [0.4, 0.5) is 5.69 Å². The van der Waals surface area contributed by atoms with Crippen LogP contribution in [-0.4, -0.2) is 16.2 Å². The molecule has 0 radical (unpaired) electrons. The summed E-state index contributed by atoms with van der Waals surface area (Å²) in [7, 11) is 0. The second-order valence-electron chi connectivity index (χ2n) is 8.01. The molecule has 0 saturated carbocycles. The van der Waals surface area contributed by atoms with Crippen molar-refractivity contribution in [3.05, 3.63) is 90.4 Å². The molecule has 154 valence electrons. The number of hydrogen-bond donors (Lipinski definition) is 1. The van der Waals surface area contributed by atoms with E-state index in [9.17, 15) is 0 Å². The molecule has 7 rings (SSSR count). The van der Waals surface area contributed by atoms with Crippen molar-refractivity contribution in [2.75, 3.05) is 11.6 Å². The molecular formula is C26H18N4S2. The summed E-state index contributed by atoms with van der Waals surface area (Å²) in [5.74, 6) is 0. The van der Waals surface area contributed by atoms with E-state index in [0.717, 1.165) is 18.0 Å². The van der Waals surface area contributed by atoms with Crippen LogP contribution in [0.15, 0.2) is 90.4 Å². The number of thiophene rings is 2. The highest BCUT2D eigenvalue weighted by Gasteiger charge is 2.14. The highest BCUT2D eigenvalue weighted by molar-refractivity contribution is 7.18. The van der Waals surface area contributed by atoms with Crippen LogP contribution >= 0.6 is 22.7 Å². The second-order valence-corrected chi connectivity index (χ2v) is 9.87. The number of aromatic nitrogens is 2. The minimum Gasteiger partial charge on any atom is -0.372 e. The van der Waals surface area contributed by atoms with E-state index in [0.29, 0.717) is 0 Å². The Labute approximate surface area is 192 Å². The van der Waals surface area contributed by atoms with Crippen LogP contribution in [0.2, 0.25) is 0 Å². The minimum atomic E-state index is 0.776. The molecule has 32 heavy (non-hydrogen) atoms. The quantitative estimate of drug-likeness (QED) is 0.316. The lowest BCUT2D eigenvalue weighted by Crippen LogP contribution is -2.19. The Bertz CT molecular complexity index is 1640. The average molecular weight is 451 g/mol. The van der Waals surface area contributed by atoms with Gasteiger partial charge >= 0.3 is 0 Å². The molecule has 0 unspecified atom stereocenters. The molecule has 4 heterocycles. The normalized spacial score (nSPS) is 13.6. The van der Waals surface area contributed by atoms with E-state index in [-0.39, 0.29) is 0 Å². The second kappa shape index (κ2) is 6.95. The predicted octanol–water partition coefficient (Wildman–Crippen LogP) is 6.96. The van der Waals surface area contributed by atoms with Gasteiger partial charge in [-0.3, -0.25) is 0 Å². The molecule has 0 saturated heterocycles. The standard InChI is InChI=1S/C26H18N4S2/c1-6-31-25-11-19-10-23-24(14-32-26(23)12-18(19)7-17(1)25)20-8-21(29-4-2-27-15-29)13-22(9-20)30-5-3-28-16-30/h1-15,28H,16H2. The molecule has 0 atom stereocenters. The van der Waals surface area contributed by atoms with Crippen LogP contribution in [0.3, 0.4) is 0 Å². The predicted molar refractivity (Wildman–Crippen MR) is 137 cm³/mol. The summed E-state index contributed by atoms with van der Waals surface area (Å²) in [4.78, 5) is 6.47. The first kappa shape index (κ1) is 18.0. The molecule has 3 aromatic carbocycles. The maximum Gasteiger partial charge on any atom is 0.0991 e. The Kier molecular flexibility index (Phi) is 3.91. The molecule has 3 aromatic heterocycles. The Morgan fingerprint density at radius 3 is 2.66 bits per heavy atom. The zero-order chi connectivity index (χ0) is 21.1. The summed E-state index contributed by atoms with van der Waals surface area (Å²) in [5.41, 5.74) is 4.76. The first-order chi connectivity index (χ1) is 15.8. The monoisotopic (exact) mass is 450 g/mol. The van der Waals surface area contributed by atoms with Crippen molar-refractivity contribution in [1.29, 1.82) is 0 Å². The van der Waals surface area contributed by atoms with Gasteiger partial charge in [0.15, 0.2) is 0 Å². The molecule has 1 aliphatic heterocycles. The van der Waals surface area contributed by atoms with Gasteiger partial charge in [0.05, 0.1) is 13.0 Å². The number of fused-ring (bicyclic) bond motifs is 3. The highest BCUT2D eigenvalue weighted by Crippen LogP contribution is 2.40. The zero-order valence-corrected chi connectivity index (χ0v) is 18.7. The Balaban J connectivity index is 1.45. The van der Waals surface area contributed by atoms with Gasteiger partial charge in [-0.25, -0.2) is 4.98 Å². The number of nitrogens with zero attached hydrogens (tertiary/aromatic N) is 3. The molecule has 0 amide bonds. The van der Waals surface area contributed by atoms with Gasteiger partial charge in [-0.15, -0.1) is 22.7 Å². The van der Waals surface area contributed by atoms with E-state index < -0.39 is 0 Å². The molecule has 0 fully saturated rings. The molecule has 1 N–H and O–H groups in total. The van der Waals surface area contributed by atoms with Gasteiger partial charge in [0.1, 0.15) is 0 Å². The first-order valence-electron chi connectivity index (χ1n) is 10.4. The fourth-order valence-electron chi connectivity index (χ4n) is 4.46. The van der Waals surface area contributed by atoms with Crippen LogP contribution in [0, 0.1) is 0 Å². The zero-order valence-electron chi connectivity index (χ0n) is 17.0. The maximum absolute atomic E-state index is 4.25. The number of benzene rings is 3. The Morgan fingerprint density at radius 2 is 1.78 bits per heavy atom. The molecule has 0 spiro atoms. The summed E-state index contributed by atoms with van der Waals surface area (Å²) < 4.78 is 4.73. The van der Waals surface area contributed by atoms with Gasteiger partial charge in [-0.05, 0) is 81.0 Å². The lowest BCUT2D eigenvalue weighted by atomic mass is 10.00. The number of hydrogen-bond acceptors (Lipinski definition) is 5. The van der Waals surface area contributed by atoms with Crippen molar-refractivity contribution in [2.45, 2.75) is 0 Å². The van der Waals surface area contributed by atoms with E-state index in [1.165, 1.54) is 42.1 Å². The summed E-state index contributed by atoms with van der Waals surface area (Å²) in [5, 5.41) is 13.0. The van der Waals surface area contributed by atoms with Crippen LogP contribution < -0.4 is 10.2 Å². The fraction of sp³-hybridized carbons (Fsp3) is 0.0385. The van der Waals surface area contributed by atoms with Crippen molar-refractivity contribution in [1.82, 2.24) is 14.9 Å². The topological polar surface area (TPSA) is 33.1 Å². The highest BCUT2D eigenvalue weighted by atomic mass is 32.1. The summed E-state index contributed by atoms with van der Waals surface area (Å²) in [6.07, 6.45) is 9.74. The number of anilines is 1. The van der Waals surface area contributed by atoms with Gasteiger partial charge < -0.3 is 14.8 Å². The fourth-order valence-corrected chi connectivity index (χ4v) is 6.28. The third-order valence-corrected chi connectivity index (χ3v) is 7.91. The minimum absolute atomic E-state index is 0.776. The largest absolute Gasteiger partial charge is 0.372 e. The molecule has 0 aliphatic carbocycles. The molecular weight excluding hydrogens is 432 g/mol. The van der Waals surface area contributed by atoms with Gasteiger partial charge in [0, 0.05) is 56.5 Å². The maximum atomic E-state index is 4.25. The SMILES string of the molecule is C1=CN(c2cc(-c3csc4cc5cc6ccsc6cc5cc34)cc(-n3ccnc3)c2)CN1. The van der Waals surface area contributed by atoms with Crippen LogP contribution in [-0.2, 0) is 0 Å². The van der Waals surface area contributed by atoms with Crippen molar-refractivity contribution in [3.8, 4) is 16.8 Å². The average Bonchev–Trinajstić information content (AvgIpc) is 3.61. The molecule has 6 heteroatoms. The van der Waals surface area contributed by atoms with E-state index in [1.807, 2.05) is 36.3 Å². The molecule has 6 aromatic rings. The lowest BCUT2D eigenvalue weighted by molar-refractivity contribution is 0.899.